The van der Waals surface area contributed by atoms with Crippen LogP contribution in [-0.2, 0) is 87.6 Å². The number of carbonyl (C=O) groups excluding carboxylic acids is 10. The number of nitrogens with zero attached hydrogens (tertiary/aromatic N) is 2. The number of ether oxygens (including phenoxy) is 13. The van der Waals surface area contributed by atoms with E-state index in [1.807, 2.05) is 43.4 Å². The molecule has 0 radical (unpaired) electrons. The number of anilines is 1. The second-order valence-electron chi connectivity index (χ2n) is 32.7. The highest BCUT2D eigenvalue weighted by molar-refractivity contribution is 14.1. The summed E-state index contributed by atoms with van der Waals surface area (Å²) in [4.78, 5) is 142. The third-order valence-corrected chi connectivity index (χ3v) is 27.9. The van der Waals surface area contributed by atoms with Crippen molar-refractivity contribution in [2.24, 2.45) is 11.7 Å². The molecule has 2 aromatic carbocycles. The minimum absolute atomic E-state index is 0.00979. The van der Waals surface area contributed by atoms with Gasteiger partial charge in [-0.05, 0) is 124 Å². The molecule has 0 spiro atoms. The maximum Gasteiger partial charge on any atom is 0.411 e. The van der Waals surface area contributed by atoms with Crippen LogP contribution in [0.25, 0.3) is 0 Å². The molecule has 710 valence electrons. The molecule has 2 aliphatic carbocycles. The Kier molecular flexibility index (Phi) is 39.3. The number of primary amides is 1. The lowest BCUT2D eigenvalue weighted by molar-refractivity contribution is -0.337. The Hall–Kier alpha value is -8.20. The Morgan fingerprint density at radius 3 is 2.14 bits per heavy atom. The zero-order valence-electron chi connectivity index (χ0n) is 74.5. The van der Waals surface area contributed by atoms with Gasteiger partial charge in [0, 0.05) is 92.6 Å². The lowest BCUT2D eigenvalue weighted by Crippen LogP contribution is -2.65. The number of hydrogen-bond donors (Lipinski definition) is 12. The number of rotatable bonds is 39. The number of Topliss-reactive ketones (excluding diaryl/α,β-unsaturated/α-hetero) is 1. The molecule has 129 heavy (non-hydrogen) atoms. The monoisotopic (exact) mass is 1980 g/mol. The summed E-state index contributed by atoms with van der Waals surface area (Å²) in [5, 5.41) is 71.2. The van der Waals surface area contributed by atoms with Crippen molar-refractivity contribution in [1.29, 1.82) is 0 Å². The highest BCUT2D eigenvalue weighted by Crippen LogP contribution is 2.50. The van der Waals surface area contributed by atoms with Gasteiger partial charge in [-0.25, -0.2) is 14.4 Å². The number of imide groups is 1. The van der Waals surface area contributed by atoms with Crippen LogP contribution in [0.5, 0.6) is 17.2 Å². The van der Waals surface area contributed by atoms with Crippen molar-refractivity contribution in [2.45, 2.75) is 266 Å². The molecule has 4 saturated heterocycles. The zero-order chi connectivity index (χ0) is 94.5. The normalized spacial score (nSPS) is 28.2. The lowest BCUT2D eigenvalue weighted by atomic mass is 9.75. The summed E-state index contributed by atoms with van der Waals surface area (Å²) in [6.07, 6.45) is -13.3. The standard InChI is InChI=1S/C87H118IN9O29S3/c1-16-96(85(111)119-42-49-28-30-50(31-29-49)91-78(106)52(25-24-36-90-83(89)109)92-79(107)66(44(2)3)93-58(100)27-21-19-23-37-97-59(101)32-33-60(97)102)53-43-118-61(40-57(53)113-11)124-75-70(104)67(46(5)121-82(75)123-56-26-20-17-18-22-35-87(112)41-55(99)68(94-84(110)117-15)64(56)51(87)34-38-127-129-86(8,9)10)95-126-62-39-54(98)77(48(7)120-62)128-80(108)63-45(4)65(88)73(76(116-14)72(63)114-12)125-81-71(105)74(115-13)69(103)47(6)122-81/h17-18,28-34,44,46-48,52-54,56-57,61-62,66-67,69-71,74-75,77,81-82,95,98,103-105,112H,16,19,21,23-25,27,36-43H2,1-15H3,(H,91,106)(H,92,107)(H,93,100)(H,94,110)(H3,89,90,109)/t46-,47+,48-,52+,53+,54+,56+,57+,61+,62+,66+,67-,69+,70+,71-,74-,75-,77-,81+,82+,87+/m1/s1. The molecule has 13 N–H and O–H groups in total. The van der Waals surface area contributed by atoms with E-state index >= 15 is 0 Å². The Balaban J connectivity index is 0.900. The van der Waals surface area contributed by atoms with E-state index in [2.05, 4.69) is 55.7 Å². The number of halogens is 1. The van der Waals surface area contributed by atoms with Crippen LogP contribution in [0, 0.1) is 40.1 Å². The molecule has 5 aliphatic heterocycles. The molecule has 0 aromatic heterocycles. The maximum atomic E-state index is 14.7. The van der Waals surface area contributed by atoms with E-state index in [0.717, 1.165) is 23.8 Å². The molecule has 38 nitrogen and oxygen atoms in total. The molecule has 2 bridgehead atoms. The van der Waals surface area contributed by atoms with Crippen molar-refractivity contribution in [3.8, 4) is 40.9 Å². The van der Waals surface area contributed by atoms with Crippen LogP contribution in [0.3, 0.4) is 0 Å². The highest BCUT2D eigenvalue weighted by atomic mass is 127. The summed E-state index contributed by atoms with van der Waals surface area (Å²) < 4.78 is 79.5. The number of likely N-dealkylation sites (N-methyl/N-ethyl adjacent to an activating group) is 1. The van der Waals surface area contributed by atoms with Crippen LogP contribution in [0.4, 0.5) is 20.1 Å². The van der Waals surface area contributed by atoms with Gasteiger partial charge in [-0.1, -0.05) is 116 Å². The number of aliphatic hydroxyl groups is 5. The molecule has 5 heterocycles. The van der Waals surface area contributed by atoms with E-state index in [1.54, 1.807) is 89.6 Å². The van der Waals surface area contributed by atoms with Gasteiger partial charge >= 0.3 is 18.2 Å². The van der Waals surface area contributed by atoms with Crippen LogP contribution in [0.2, 0.25) is 0 Å². The summed E-state index contributed by atoms with van der Waals surface area (Å²) in [6.45, 7) is 17.6. The van der Waals surface area contributed by atoms with Gasteiger partial charge in [-0.15, -0.1) is 0 Å². The predicted octanol–water partition coefficient (Wildman–Crippen LogP) is 5.26. The number of unbranched alkanes of at least 4 members (excludes halogenated alkanes) is 2. The SMILES string of the molecule is CCN(C(=O)OCc1ccc(NC(=O)[C@H](CCCNC(N)=O)NC(=O)[C@@H](NC(=O)CCCCCN2C(=O)C=CC2=O)C(C)C)cc1)[C@H]1CO[C@@H](O[C@H]2[C@H](O[C@H]3C#CC=CC#C[C@]4(O)CC(=O)C(NC(=O)OC)=C3C4=CCSSC(C)(C)C)O[C@H](C)[C@@H](NO[C@H]3C[C@H](O)[C@H](SC(=O)c4c(C)c(I)c(O[C@@H]5O[C@@H](C)[C@H](O)[C@@H](OC)[C@H]5O)c(OC)c4OC)[C@@H](C)O3)[C@@H]2O)C[C@@H]1OC. The minimum atomic E-state index is -2.18. The number of hydroxylamine groups is 1. The van der Waals surface area contributed by atoms with Crippen molar-refractivity contribution in [1.82, 2.24) is 36.5 Å². The minimum Gasteiger partial charge on any atom is -0.492 e. The molecule has 7 aliphatic rings. The summed E-state index contributed by atoms with van der Waals surface area (Å²) in [6, 6.07) is 1.30. The highest BCUT2D eigenvalue weighted by Gasteiger charge is 2.53. The van der Waals surface area contributed by atoms with Gasteiger partial charge in [0.15, 0.2) is 41.8 Å². The third-order valence-electron chi connectivity index (χ3n) is 22.1. The average molecular weight is 1980 g/mol. The fraction of sp³-hybridized carbons (Fsp3) is 0.609. The molecular weight excluding hydrogens is 1860 g/mol. The van der Waals surface area contributed by atoms with E-state index in [0.29, 0.717) is 39.6 Å². The van der Waals surface area contributed by atoms with Crippen LogP contribution in [0.1, 0.15) is 142 Å². The Morgan fingerprint density at radius 2 is 1.50 bits per heavy atom. The van der Waals surface area contributed by atoms with Gasteiger partial charge in [0.05, 0.1) is 97.0 Å². The van der Waals surface area contributed by atoms with E-state index in [1.165, 1.54) is 68.4 Å². The number of methoxy groups -OCH3 is 5. The second-order valence-corrected chi connectivity index (χ2v) is 38.1. The number of alkyl carbamates (subject to hydrolysis) is 1. The first-order valence-electron chi connectivity index (χ1n) is 42.2. The number of nitrogens with two attached hydrogens (primary N) is 1. The molecule has 42 heteroatoms. The van der Waals surface area contributed by atoms with Crippen LogP contribution < -0.4 is 52.0 Å². The smallest absolute Gasteiger partial charge is 0.411 e. The maximum absolute atomic E-state index is 14.7. The Labute approximate surface area is 774 Å². The first kappa shape index (κ1) is 105. The first-order valence-corrected chi connectivity index (χ1v) is 46.5. The number of amides is 9. The van der Waals surface area contributed by atoms with Gasteiger partial charge in [0.2, 0.25) is 34.9 Å². The van der Waals surface area contributed by atoms with Crippen molar-refractivity contribution >= 4 is 120 Å². The van der Waals surface area contributed by atoms with Crippen LogP contribution in [0.15, 0.2) is 71.5 Å². The number of allylic oxidation sites excluding steroid dienone is 3. The number of urea groups is 1. The number of ketones is 1. The second kappa shape index (κ2) is 48.5. The topological polar surface area (TPSA) is 506 Å². The molecule has 0 unspecified atom stereocenters. The first-order chi connectivity index (χ1) is 61.3. The van der Waals surface area contributed by atoms with E-state index in [9.17, 15) is 73.5 Å². The number of nitrogens with one attached hydrogen (secondary N) is 6. The lowest BCUT2D eigenvalue weighted by Gasteiger charge is -2.47. The Morgan fingerprint density at radius 1 is 0.798 bits per heavy atom. The van der Waals surface area contributed by atoms with Crippen molar-refractivity contribution in [2.75, 3.05) is 72.9 Å². The van der Waals surface area contributed by atoms with Gasteiger partial charge in [-0.3, -0.25) is 48.6 Å². The average Bonchev–Trinajstić information content (AvgIpc) is 1.63. The summed E-state index contributed by atoms with van der Waals surface area (Å²) >= 11 is 2.76. The number of fused-ring (bicyclic) bond motifs is 2. The molecule has 21 atom stereocenters. The zero-order valence-corrected chi connectivity index (χ0v) is 79.1. The summed E-state index contributed by atoms with van der Waals surface area (Å²) in [5.41, 5.74) is 6.90. The molecular formula is C87H118IN9O29S3. The van der Waals surface area contributed by atoms with Crippen molar-refractivity contribution in [3.05, 3.63) is 91.7 Å². The number of benzene rings is 2. The third kappa shape index (κ3) is 27.5. The predicted molar refractivity (Wildman–Crippen MR) is 480 cm³/mol. The largest absolute Gasteiger partial charge is 0.492 e. The quantitative estimate of drug-likeness (QED) is 0.0101. The fourth-order valence-electron chi connectivity index (χ4n) is 15.3. The van der Waals surface area contributed by atoms with Gasteiger partial charge in [0.1, 0.15) is 55.3 Å². The molecule has 2 aromatic rings. The summed E-state index contributed by atoms with van der Waals surface area (Å²) in [5.74, 6) is 8.17. The number of hydrogen-bond acceptors (Lipinski definition) is 33. The van der Waals surface area contributed by atoms with E-state index in [-0.39, 0.29) is 115 Å². The van der Waals surface area contributed by atoms with Gasteiger partial charge < -0.3 is 119 Å². The number of carbonyl (C=O) groups is 10. The molecule has 9 rings (SSSR count). The van der Waals surface area contributed by atoms with Gasteiger partial charge in [0.25, 0.3) is 11.8 Å². The van der Waals surface area contributed by atoms with E-state index < -0.39 is 198 Å². The van der Waals surface area contributed by atoms with Gasteiger partial charge in [-0.2, -0.15) is 5.48 Å². The van der Waals surface area contributed by atoms with E-state index in [4.69, 9.17) is 72.2 Å². The number of aliphatic hydroxyl groups excluding tert-OH is 4. The van der Waals surface area contributed by atoms with Crippen LogP contribution in [-0.4, -0.2) is 294 Å². The molecule has 4 fully saturated rings. The van der Waals surface area contributed by atoms with Crippen molar-refractivity contribution < 1.29 is 140 Å². The molecule has 0 saturated carbocycles. The van der Waals surface area contributed by atoms with Crippen molar-refractivity contribution in [3.63, 3.8) is 0 Å². The van der Waals surface area contributed by atoms with Crippen LogP contribution >= 0.6 is 55.9 Å². The Bertz CT molecular complexity index is 4560. The fourth-order valence-corrected chi connectivity index (χ4v) is 19.2. The summed E-state index contributed by atoms with van der Waals surface area (Å²) in [7, 11) is 9.53. The molecule has 9 amide bonds. The number of thioether (sulfide) groups is 1.